The first kappa shape index (κ1) is 14.7. The SMILES string of the molecule is CCc1ccc(N)cc1S(=O)(=O)Nc1cccc(Cl)c1. The van der Waals surface area contributed by atoms with Crippen molar-refractivity contribution in [1.29, 1.82) is 0 Å². The van der Waals surface area contributed by atoms with Crippen molar-refractivity contribution in [3.63, 3.8) is 0 Å². The van der Waals surface area contributed by atoms with E-state index >= 15 is 0 Å². The molecule has 0 atom stereocenters. The minimum Gasteiger partial charge on any atom is -0.399 e. The van der Waals surface area contributed by atoms with Crippen LogP contribution < -0.4 is 10.5 Å². The van der Waals surface area contributed by atoms with Gasteiger partial charge >= 0.3 is 0 Å². The van der Waals surface area contributed by atoms with Crippen LogP contribution in [0, 0.1) is 0 Å². The highest BCUT2D eigenvalue weighted by atomic mass is 35.5. The van der Waals surface area contributed by atoms with E-state index in [1.165, 1.54) is 6.07 Å². The van der Waals surface area contributed by atoms with Crippen molar-refractivity contribution < 1.29 is 8.42 Å². The van der Waals surface area contributed by atoms with Gasteiger partial charge in [0.25, 0.3) is 10.0 Å². The van der Waals surface area contributed by atoms with Crippen molar-refractivity contribution in [3.05, 3.63) is 53.1 Å². The van der Waals surface area contributed by atoms with Gasteiger partial charge in [-0.2, -0.15) is 0 Å². The smallest absolute Gasteiger partial charge is 0.262 e. The quantitative estimate of drug-likeness (QED) is 0.851. The van der Waals surface area contributed by atoms with Crippen molar-refractivity contribution in [3.8, 4) is 0 Å². The third-order valence-electron chi connectivity index (χ3n) is 2.84. The minimum atomic E-state index is -3.68. The zero-order chi connectivity index (χ0) is 14.8. The molecule has 0 fully saturated rings. The van der Waals surface area contributed by atoms with E-state index in [1.807, 2.05) is 6.92 Å². The predicted octanol–water partition coefficient (Wildman–Crippen LogP) is 3.29. The maximum Gasteiger partial charge on any atom is 0.262 e. The highest BCUT2D eigenvalue weighted by Crippen LogP contribution is 2.24. The first-order valence-corrected chi connectivity index (χ1v) is 7.95. The molecule has 0 aliphatic carbocycles. The van der Waals surface area contributed by atoms with E-state index in [4.69, 9.17) is 17.3 Å². The van der Waals surface area contributed by atoms with Crippen molar-refractivity contribution in [2.75, 3.05) is 10.5 Å². The molecule has 2 aromatic carbocycles. The molecule has 4 nitrogen and oxygen atoms in total. The molecule has 0 amide bonds. The molecule has 0 unspecified atom stereocenters. The summed E-state index contributed by atoms with van der Waals surface area (Å²) in [5.74, 6) is 0. The Morgan fingerprint density at radius 2 is 1.95 bits per heavy atom. The lowest BCUT2D eigenvalue weighted by atomic mass is 10.1. The van der Waals surface area contributed by atoms with E-state index in [9.17, 15) is 8.42 Å². The second kappa shape index (κ2) is 5.73. The van der Waals surface area contributed by atoms with Gasteiger partial charge < -0.3 is 5.73 Å². The number of nitrogens with one attached hydrogen (secondary N) is 1. The third kappa shape index (κ3) is 3.23. The number of sulfonamides is 1. The Bertz CT molecular complexity index is 730. The fraction of sp³-hybridized carbons (Fsp3) is 0.143. The number of nitrogens with two attached hydrogens (primary N) is 1. The normalized spacial score (nSPS) is 11.3. The minimum absolute atomic E-state index is 0.194. The van der Waals surface area contributed by atoms with Gasteiger partial charge in [-0.3, -0.25) is 4.72 Å². The van der Waals surface area contributed by atoms with Gasteiger partial charge in [0.2, 0.25) is 0 Å². The molecule has 2 rings (SSSR count). The number of rotatable bonds is 4. The molecule has 2 aromatic rings. The van der Waals surface area contributed by atoms with Gasteiger partial charge in [0.05, 0.1) is 10.6 Å². The fourth-order valence-electron chi connectivity index (χ4n) is 1.88. The van der Waals surface area contributed by atoms with Crippen LogP contribution >= 0.6 is 11.6 Å². The molecule has 0 saturated carbocycles. The van der Waals surface area contributed by atoms with Gasteiger partial charge in [0.1, 0.15) is 0 Å². The highest BCUT2D eigenvalue weighted by molar-refractivity contribution is 7.92. The summed E-state index contributed by atoms with van der Waals surface area (Å²) >= 11 is 5.85. The van der Waals surface area contributed by atoms with Crippen LogP contribution in [0.15, 0.2) is 47.4 Å². The molecular formula is C14H15ClN2O2S. The Kier molecular flexibility index (Phi) is 4.20. The summed E-state index contributed by atoms with van der Waals surface area (Å²) in [6.45, 7) is 1.89. The number of hydrogen-bond acceptors (Lipinski definition) is 3. The number of anilines is 2. The van der Waals surface area contributed by atoms with E-state index in [1.54, 1.807) is 36.4 Å². The molecule has 3 N–H and O–H groups in total. The fourth-order valence-corrected chi connectivity index (χ4v) is 3.46. The number of hydrogen-bond donors (Lipinski definition) is 2. The van der Waals surface area contributed by atoms with Crippen LogP contribution in [0.2, 0.25) is 5.02 Å². The second-order valence-corrected chi connectivity index (χ2v) is 6.42. The molecular weight excluding hydrogens is 296 g/mol. The average molecular weight is 311 g/mol. The number of aryl methyl sites for hydroxylation is 1. The van der Waals surface area contributed by atoms with Gasteiger partial charge in [-0.15, -0.1) is 0 Å². The lowest BCUT2D eigenvalue weighted by molar-refractivity contribution is 0.600. The van der Waals surface area contributed by atoms with Gasteiger partial charge in [0.15, 0.2) is 0 Å². The van der Waals surface area contributed by atoms with Crippen LogP contribution in [0.25, 0.3) is 0 Å². The van der Waals surface area contributed by atoms with Crippen LogP contribution in [-0.2, 0) is 16.4 Å². The van der Waals surface area contributed by atoms with Gasteiger partial charge in [-0.25, -0.2) is 8.42 Å². The Hall–Kier alpha value is -1.72. The van der Waals surface area contributed by atoms with Crippen molar-refractivity contribution >= 4 is 33.0 Å². The molecule has 20 heavy (non-hydrogen) atoms. The van der Waals surface area contributed by atoms with Crippen LogP contribution in [0.5, 0.6) is 0 Å². The summed E-state index contributed by atoms with van der Waals surface area (Å²) < 4.78 is 27.4. The van der Waals surface area contributed by atoms with Crippen molar-refractivity contribution in [2.24, 2.45) is 0 Å². The lowest BCUT2D eigenvalue weighted by Crippen LogP contribution is -2.15. The Labute approximate surface area is 123 Å². The molecule has 0 saturated heterocycles. The molecule has 0 heterocycles. The van der Waals surface area contributed by atoms with Gasteiger partial charge in [0, 0.05) is 10.7 Å². The summed E-state index contributed by atoms with van der Waals surface area (Å²) in [5, 5.41) is 0.466. The van der Waals surface area contributed by atoms with Crippen LogP contribution in [0.3, 0.4) is 0 Å². The Balaban J connectivity index is 2.43. The summed E-state index contributed by atoms with van der Waals surface area (Å²) in [5.41, 5.74) is 7.23. The second-order valence-electron chi connectivity index (χ2n) is 4.34. The first-order chi connectivity index (χ1) is 9.42. The molecule has 106 valence electrons. The predicted molar refractivity (Wildman–Crippen MR) is 82.5 cm³/mol. The number of benzene rings is 2. The Morgan fingerprint density at radius 3 is 2.60 bits per heavy atom. The molecule has 0 aliphatic heterocycles. The largest absolute Gasteiger partial charge is 0.399 e. The van der Waals surface area contributed by atoms with Gasteiger partial charge in [-0.05, 0) is 42.3 Å². The van der Waals surface area contributed by atoms with E-state index in [0.29, 0.717) is 28.4 Å². The molecule has 0 aromatic heterocycles. The van der Waals surface area contributed by atoms with E-state index in [-0.39, 0.29) is 4.90 Å². The topological polar surface area (TPSA) is 72.2 Å². The monoisotopic (exact) mass is 310 g/mol. The number of halogens is 1. The molecule has 0 spiro atoms. The maximum absolute atomic E-state index is 12.4. The summed E-state index contributed by atoms with van der Waals surface area (Å²) in [6.07, 6.45) is 0.603. The van der Waals surface area contributed by atoms with Crippen LogP contribution in [0.1, 0.15) is 12.5 Å². The summed E-state index contributed by atoms with van der Waals surface area (Å²) in [4.78, 5) is 0.194. The van der Waals surface area contributed by atoms with Crippen molar-refractivity contribution in [2.45, 2.75) is 18.2 Å². The zero-order valence-corrected chi connectivity index (χ0v) is 12.5. The van der Waals surface area contributed by atoms with Crippen LogP contribution in [0.4, 0.5) is 11.4 Å². The van der Waals surface area contributed by atoms with E-state index in [2.05, 4.69) is 4.72 Å². The molecule has 0 aliphatic rings. The van der Waals surface area contributed by atoms with E-state index < -0.39 is 10.0 Å². The van der Waals surface area contributed by atoms with Crippen LogP contribution in [-0.4, -0.2) is 8.42 Å². The summed E-state index contributed by atoms with van der Waals surface area (Å²) in [7, 11) is -3.68. The standard InChI is InChI=1S/C14H15ClN2O2S/c1-2-10-6-7-12(16)9-14(10)20(18,19)17-13-5-3-4-11(15)8-13/h3-9,17H,2,16H2,1H3. The average Bonchev–Trinajstić information content (AvgIpc) is 2.38. The van der Waals surface area contributed by atoms with Gasteiger partial charge in [-0.1, -0.05) is 30.7 Å². The molecule has 6 heteroatoms. The lowest BCUT2D eigenvalue weighted by Gasteiger charge is -2.12. The molecule has 0 radical (unpaired) electrons. The third-order valence-corrected chi connectivity index (χ3v) is 4.54. The summed E-state index contributed by atoms with van der Waals surface area (Å²) in [6, 6.07) is 11.4. The Morgan fingerprint density at radius 1 is 1.20 bits per heavy atom. The maximum atomic E-state index is 12.4. The highest BCUT2D eigenvalue weighted by Gasteiger charge is 2.18. The zero-order valence-electron chi connectivity index (χ0n) is 10.9. The number of nitrogen functional groups attached to an aromatic ring is 1. The van der Waals surface area contributed by atoms with Crippen molar-refractivity contribution in [1.82, 2.24) is 0 Å². The van der Waals surface area contributed by atoms with E-state index in [0.717, 1.165) is 0 Å². The first-order valence-electron chi connectivity index (χ1n) is 6.09. The molecule has 0 bridgehead atoms.